The zero-order valence-electron chi connectivity index (χ0n) is 6.86. The van der Waals surface area contributed by atoms with Crippen molar-refractivity contribution in [2.75, 3.05) is 0 Å². The Morgan fingerprint density at radius 1 is 1.82 bits per heavy atom. The molecule has 1 aliphatic rings. The largest absolute Gasteiger partial charge is 0.452 e. The number of esters is 1. The van der Waals surface area contributed by atoms with Crippen LogP contribution in [0.4, 0.5) is 0 Å². The topological polar surface area (TPSA) is 72.5 Å². The maximum Gasteiger partial charge on any atom is 0.303 e. The van der Waals surface area contributed by atoms with Crippen LogP contribution >= 0.6 is 0 Å². The Morgan fingerprint density at radius 3 is 2.82 bits per heavy atom. The van der Waals surface area contributed by atoms with E-state index >= 15 is 0 Å². The lowest BCUT2D eigenvalue weighted by molar-refractivity contribution is -0.151. The van der Waals surface area contributed by atoms with Crippen LogP contribution in [0, 0.1) is 0 Å². The molecule has 0 aromatic rings. The van der Waals surface area contributed by atoms with E-state index in [0.29, 0.717) is 0 Å². The number of carbonyl (C=O) groups excluding carboxylic acids is 3. The van der Waals surface area contributed by atoms with E-state index in [4.69, 9.17) is 1.41 Å². The van der Waals surface area contributed by atoms with Crippen molar-refractivity contribution in [3.63, 3.8) is 0 Å². The zero-order valence-corrected chi connectivity index (χ0v) is 5.86. The van der Waals surface area contributed by atoms with Gasteiger partial charge in [0.05, 0.1) is 6.42 Å². The summed E-state index contributed by atoms with van der Waals surface area (Å²) in [4.78, 5) is 32.0. The first-order valence-electron chi connectivity index (χ1n) is 3.50. The SMILES string of the molecule is [3H]N1C(=O)CC(OC(C)=O)C1=O. The summed E-state index contributed by atoms with van der Waals surface area (Å²) in [6.45, 7) is 1.14. The minimum Gasteiger partial charge on any atom is -0.452 e. The summed E-state index contributed by atoms with van der Waals surface area (Å²) >= 11 is 0. The predicted molar refractivity (Wildman–Crippen MR) is 33.3 cm³/mol. The highest BCUT2D eigenvalue weighted by molar-refractivity contribution is 6.05. The van der Waals surface area contributed by atoms with Gasteiger partial charge in [-0.15, -0.1) is 0 Å². The van der Waals surface area contributed by atoms with E-state index in [9.17, 15) is 14.4 Å². The highest BCUT2D eigenvalue weighted by Gasteiger charge is 2.32. The smallest absolute Gasteiger partial charge is 0.303 e. The third-order valence-corrected chi connectivity index (χ3v) is 1.18. The Kier molecular flexibility index (Phi) is 1.55. The molecule has 1 rings (SSSR count). The first-order chi connectivity index (χ1) is 5.52. The van der Waals surface area contributed by atoms with E-state index in [0.717, 1.165) is 6.92 Å². The van der Waals surface area contributed by atoms with Crippen molar-refractivity contribution in [2.45, 2.75) is 19.4 Å². The van der Waals surface area contributed by atoms with Crippen LogP contribution < -0.4 is 5.31 Å². The lowest BCUT2D eigenvalue weighted by atomic mass is 10.3. The molecule has 60 valence electrons. The summed E-state index contributed by atoms with van der Waals surface area (Å²) in [6, 6.07) is 0. The fourth-order valence-electron chi connectivity index (χ4n) is 0.779. The van der Waals surface area contributed by atoms with Gasteiger partial charge in [0, 0.05) is 6.92 Å². The molecule has 1 aliphatic heterocycles. The second kappa shape index (κ2) is 2.69. The van der Waals surface area contributed by atoms with E-state index in [2.05, 4.69) is 4.74 Å². The minimum absolute atomic E-state index is 0.216. The van der Waals surface area contributed by atoms with Crippen LogP contribution in [-0.2, 0) is 19.1 Å². The molecule has 0 aliphatic carbocycles. The molecule has 11 heavy (non-hydrogen) atoms. The number of carbonyl (C=O) groups is 3. The maximum atomic E-state index is 10.9. The highest BCUT2D eigenvalue weighted by Crippen LogP contribution is 2.05. The van der Waals surface area contributed by atoms with Crippen molar-refractivity contribution in [2.24, 2.45) is 0 Å². The van der Waals surface area contributed by atoms with Crippen LogP contribution in [0.5, 0.6) is 0 Å². The quantitative estimate of drug-likeness (QED) is 0.392. The van der Waals surface area contributed by atoms with Gasteiger partial charge < -0.3 is 4.74 Å². The zero-order chi connectivity index (χ0) is 9.30. The lowest BCUT2D eigenvalue weighted by Crippen LogP contribution is -2.27. The second-order valence-electron chi connectivity index (χ2n) is 2.15. The van der Waals surface area contributed by atoms with Crippen LogP contribution in [0.1, 0.15) is 13.3 Å². The summed E-state index contributed by atoms with van der Waals surface area (Å²) in [5.74, 6) is -2.06. The normalized spacial score (nSPS) is 25.4. The van der Waals surface area contributed by atoms with Crippen LogP contribution in [0.3, 0.4) is 0 Å². The van der Waals surface area contributed by atoms with Crippen LogP contribution in [0.15, 0.2) is 0 Å². The molecule has 1 atom stereocenters. The van der Waals surface area contributed by atoms with Crippen molar-refractivity contribution < 1.29 is 20.5 Å². The van der Waals surface area contributed by atoms with Gasteiger partial charge in [0.15, 0.2) is 7.52 Å². The Morgan fingerprint density at radius 2 is 2.45 bits per heavy atom. The second-order valence-corrected chi connectivity index (χ2v) is 2.15. The number of nitrogens with one attached hydrogen (secondary N) is 1. The number of hydrogen-bond acceptors (Lipinski definition) is 4. The molecule has 1 unspecified atom stereocenters. The Bertz CT molecular complexity index is 250. The summed E-state index contributed by atoms with van der Waals surface area (Å²) < 4.78 is 11.4. The van der Waals surface area contributed by atoms with Crippen molar-refractivity contribution in [1.29, 1.82) is 0 Å². The van der Waals surface area contributed by atoms with Gasteiger partial charge in [-0.1, -0.05) is 0 Å². The molecule has 1 fully saturated rings. The fourth-order valence-corrected chi connectivity index (χ4v) is 0.779. The standard InChI is InChI=1S/C6H7NO4/c1-3(8)11-4-2-5(9)7-6(4)10/h4H,2H2,1H3,(H,7,9,10)/i/hT. The van der Waals surface area contributed by atoms with E-state index in [1.807, 2.05) is 0 Å². The van der Waals surface area contributed by atoms with Crippen molar-refractivity contribution in [3.05, 3.63) is 0 Å². The van der Waals surface area contributed by atoms with E-state index < -0.39 is 23.9 Å². The molecule has 0 aromatic carbocycles. The minimum atomic E-state index is -1.09. The molecule has 0 spiro atoms. The van der Waals surface area contributed by atoms with Gasteiger partial charge >= 0.3 is 5.97 Å². The van der Waals surface area contributed by atoms with E-state index in [1.165, 1.54) is 0 Å². The van der Waals surface area contributed by atoms with Gasteiger partial charge in [0.25, 0.3) is 5.91 Å². The molecule has 0 bridgehead atoms. The van der Waals surface area contributed by atoms with Gasteiger partial charge in [-0.25, -0.2) is 0 Å². The van der Waals surface area contributed by atoms with Crippen LogP contribution in [0.25, 0.3) is 0 Å². The Balaban J connectivity index is 2.65. The average molecular weight is 159 g/mol. The van der Waals surface area contributed by atoms with Crippen molar-refractivity contribution >= 4 is 17.8 Å². The fraction of sp³-hybridized carbons (Fsp3) is 0.500. The van der Waals surface area contributed by atoms with Gasteiger partial charge in [-0.2, -0.15) is 0 Å². The van der Waals surface area contributed by atoms with Crippen LogP contribution in [-0.4, -0.2) is 23.9 Å². The number of ether oxygens (including phenoxy) is 1. The molecular formula is C6H7NO4. The van der Waals surface area contributed by atoms with Gasteiger partial charge in [0.2, 0.25) is 5.91 Å². The van der Waals surface area contributed by atoms with Crippen molar-refractivity contribution in [3.8, 4) is 0 Å². The highest BCUT2D eigenvalue weighted by atomic mass is 16.5. The Hall–Kier alpha value is -1.39. The molecule has 2 amide bonds. The third kappa shape index (κ3) is 1.76. The van der Waals surface area contributed by atoms with Gasteiger partial charge in [0.1, 0.15) is 0 Å². The maximum absolute atomic E-state index is 10.9. The molecule has 0 saturated carbocycles. The summed E-state index contributed by atoms with van der Waals surface area (Å²) in [5.41, 5.74) is 0. The molecule has 1 saturated heterocycles. The summed E-state index contributed by atoms with van der Waals surface area (Å²) in [6.07, 6.45) is -1.31. The van der Waals surface area contributed by atoms with E-state index in [1.54, 1.807) is 0 Å². The van der Waals surface area contributed by atoms with Crippen molar-refractivity contribution in [1.82, 2.24) is 5.31 Å². The number of rotatable bonds is 1. The monoisotopic (exact) mass is 159 g/mol. The average Bonchev–Trinajstić information content (AvgIpc) is 2.17. The van der Waals surface area contributed by atoms with Gasteiger partial charge in [-0.3, -0.25) is 19.7 Å². The van der Waals surface area contributed by atoms with E-state index in [-0.39, 0.29) is 11.7 Å². The molecule has 1 N–H and O–H groups in total. The third-order valence-electron chi connectivity index (χ3n) is 1.18. The molecule has 0 radical (unpaired) electrons. The first kappa shape index (κ1) is 6.33. The Labute approximate surface area is 64.2 Å². The summed E-state index contributed by atoms with van der Waals surface area (Å²) in [7, 11) is 0. The molecule has 5 nitrogen and oxygen atoms in total. The molecule has 1 heterocycles. The lowest BCUT2D eigenvalue weighted by Gasteiger charge is -2.04. The number of hydrogen-bond donors (Lipinski definition) is 1. The summed E-state index contributed by atoms with van der Waals surface area (Å²) in [5, 5.41) is 0.216. The first-order valence-corrected chi connectivity index (χ1v) is 3.05. The molecule has 0 aromatic heterocycles. The number of imide groups is 1. The molecule has 5 heteroatoms. The van der Waals surface area contributed by atoms with Gasteiger partial charge in [-0.05, 0) is 0 Å². The molecular weight excluding hydrogens is 150 g/mol. The predicted octanol–water partition coefficient (Wildman–Crippen LogP) is -1.04. The number of amides is 2. The van der Waals surface area contributed by atoms with Crippen LogP contribution in [0.2, 0.25) is 1.41 Å².